The first-order chi connectivity index (χ1) is 9.24. The standard InChI is InChI=1S/C14H24N4O/c1-4-8-19-13-9-11(3)16-14(17-13)18-7-6-15-10-12(18)5-2/h9,12,15H,4-8,10H2,1-3H3. The van der Waals surface area contributed by atoms with E-state index in [1.807, 2.05) is 13.0 Å². The maximum absolute atomic E-state index is 5.64. The molecule has 1 unspecified atom stereocenters. The van der Waals surface area contributed by atoms with E-state index in [2.05, 4.69) is 34.0 Å². The van der Waals surface area contributed by atoms with Crippen molar-refractivity contribution in [2.75, 3.05) is 31.1 Å². The van der Waals surface area contributed by atoms with Gasteiger partial charge in [0.2, 0.25) is 11.8 Å². The Morgan fingerprint density at radius 3 is 3.00 bits per heavy atom. The molecular formula is C14H24N4O. The van der Waals surface area contributed by atoms with Crippen LogP contribution in [0.4, 0.5) is 5.95 Å². The van der Waals surface area contributed by atoms with Gasteiger partial charge in [-0.2, -0.15) is 4.98 Å². The van der Waals surface area contributed by atoms with E-state index in [0.717, 1.165) is 44.1 Å². The molecule has 2 rings (SSSR count). The topological polar surface area (TPSA) is 50.3 Å². The number of aryl methyl sites for hydroxylation is 1. The van der Waals surface area contributed by atoms with Crippen LogP contribution >= 0.6 is 0 Å². The van der Waals surface area contributed by atoms with Gasteiger partial charge < -0.3 is 15.0 Å². The van der Waals surface area contributed by atoms with Crippen molar-refractivity contribution in [1.29, 1.82) is 0 Å². The monoisotopic (exact) mass is 264 g/mol. The maximum Gasteiger partial charge on any atom is 0.229 e. The van der Waals surface area contributed by atoms with E-state index in [-0.39, 0.29) is 0 Å². The Balaban J connectivity index is 2.19. The highest BCUT2D eigenvalue weighted by molar-refractivity contribution is 5.36. The van der Waals surface area contributed by atoms with Crippen LogP contribution < -0.4 is 15.0 Å². The Morgan fingerprint density at radius 2 is 2.26 bits per heavy atom. The zero-order valence-corrected chi connectivity index (χ0v) is 12.1. The third-order valence-electron chi connectivity index (χ3n) is 3.35. The number of anilines is 1. The van der Waals surface area contributed by atoms with E-state index in [9.17, 15) is 0 Å². The zero-order valence-electron chi connectivity index (χ0n) is 12.1. The molecule has 0 amide bonds. The van der Waals surface area contributed by atoms with Crippen molar-refractivity contribution in [3.63, 3.8) is 0 Å². The van der Waals surface area contributed by atoms with Crippen LogP contribution in [0.15, 0.2) is 6.07 Å². The summed E-state index contributed by atoms with van der Waals surface area (Å²) in [5, 5.41) is 3.42. The lowest BCUT2D eigenvalue weighted by molar-refractivity contribution is 0.304. The highest BCUT2D eigenvalue weighted by Gasteiger charge is 2.23. The minimum absolute atomic E-state index is 0.467. The van der Waals surface area contributed by atoms with Crippen LogP contribution in [0, 0.1) is 6.92 Å². The van der Waals surface area contributed by atoms with Crippen LogP contribution in [0.2, 0.25) is 0 Å². The first kappa shape index (κ1) is 14.1. The van der Waals surface area contributed by atoms with Crippen molar-refractivity contribution in [3.8, 4) is 5.88 Å². The fourth-order valence-electron chi connectivity index (χ4n) is 2.32. The molecular weight excluding hydrogens is 240 g/mol. The van der Waals surface area contributed by atoms with Crippen molar-refractivity contribution in [2.45, 2.75) is 39.7 Å². The Kier molecular flexibility index (Phi) is 4.96. The molecule has 0 aliphatic carbocycles. The van der Waals surface area contributed by atoms with Crippen LogP contribution in [0.25, 0.3) is 0 Å². The van der Waals surface area contributed by atoms with Gasteiger partial charge >= 0.3 is 0 Å². The fraction of sp³-hybridized carbons (Fsp3) is 0.714. The molecule has 1 saturated heterocycles. The van der Waals surface area contributed by atoms with Crippen LogP contribution in [0.3, 0.4) is 0 Å². The van der Waals surface area contributed by atoms with Crippen molar-refractivity contribution >= 4 is 5.95 Å². The second-order valence-electron chi connectivity index (χ2n) is 4.96. The summed E-state index contributed by atoms with van der Waals surface area (Å²) in [6, 6.07) is 2.37. The third-order valence-corrected chi connectivity index (χ3v) is 3.35. The number of ether oxygens (including phenoxy) is 1. The van der Waals surface area contributed by atoms with Gasteiger partial charge in [-0.1, -0.05) is 13.8 Å². The van der Waals surface area contributed by atoms with Crippen molar-refractivity contribution in [1.82, 2.24) is 15.3 Å². The molecule has 1 atom stereocenters. The molecule has 0 saturated carbocycles. The average molecular weight is 264 g/mol. The smallest absolute Gasteiger partial charge is 0.229 e. The van der Waals surface area contributed by atoms with Gasteiger partial charge in [-0.05, 0) is 19.8 Å². The lowest BCUT2D eigenvalue weighted by Gasteiger charge is -2.35. The summed E-state index contributed by atoms with van der Waals surface area (Å²) in [7, 11) is 0. The van der Waals surface area contributed by atoms with Crippen molar-refractivity contribution in [3.05, 3.63) is 11.8 Å². The summed E-state index contributed by atoms with van der Waals surface area (Å²) in [6.45, 7) is 9.93. The Hall–Kier alpha value is -1.36. The molecule has 5 nitrogen and oxygen atoms in total. The molecule has 0 bridgehead atoms. The maximum atomic E-state index is 5.64. The van der Waals surface area contributed by atoms with Gasteiger partial charge in [0.1, 0.15) is 0 Å². The number of hydrogen-bond acceptors (Lipinski definition) is 5. The number of hydrogen-bond donors (Lipinski definition) is 1. The summed E-state index contributed by atoms with van der Waals surface area (Å²) < 4.78 is 5.64. The molecule has 1 N–H and O–H groups in total. The first-order valence-corrected chi connectivity index (χ1v) is 7.20. The molecule has 1 fully saturated rings. The quantitative estimate of drug-likeness (QED) is 0.878. The molecule has 0 aromatic carbocycles. The number of aromatic nitrogens is 2. The van der Waals surface area contributed by atoms with Crippen LogP contribution in [-0.4, -0.2) is 42.3 Å². The second kappa shape index (κ2) is 6.70. The number of nitrogens with zero attached hydrogens (tertiary/aromatic N) is 3. The Labute approximate surface area is 115 Å². The third kappa shape index (κ3) is 3.56. The first-order valence-electron chi connectivity index (χ1n) is 7.20. The molecule has 1 aromatic heterocycles. The minimum Gasteiger partial charge on any atom is -0.478 e. The van der Waals surface area contributed by atoms with Crippen LogP contribution in [0.5, 0.6) is 5.88 Å². The molecule has 1 aliphatic heterocycles. The minimum atomic E-state index is 0.467. The van der Waals surface area contributed by atoms with E-state index in [1.54, 1.807) is 0 Å². The molecule has 5 heteroatoms. The van der Waals surface area contributed by atoms with Crippen LogP contribution in [-0.2, 0) is 0 Å². The average Bonchev–Trinajstić information content (AvgIpc) is 2.44. The lowest BCUT2D eigenvalue weighted by atomic mass is 10.1. The van der Waals surface area contributed by atoms with Gasteiger partial charge in [-0.25, -0.2) is 4.98 Å². The molecule has 2 heterocycles. The van der Waals surface area contributed by atoms with E-state index in [4.69, 9.17) is 4.74 Å². The molecule has 19 heavy (non-hydrogen) atoms. The van der Waals surface area contributed by atoms with E-state index < -0.39 is 0 Å². The van der Waals surface area contributed by atoms with Gasteiger partial charge in [0.05, 0.1) is 6.61 Å². The number of rotatable bonds is 5. The SMILES string of the molecule is CCCOc1cc(C)nc(N2CCNCC2CC)n1. The summed E-state index contributed by atoms with van der Waals surface area (Å²) in [5.41, 5.74) is 0.962. The second-order valence-corrected chi connectivity index (χ2v) is 4.96. The van der Waals surface area contributed by atoms with Crippen molar-refractivity contribution < 1.29 is 4.74 Å². The predicted octanol–water partition coefficient (Wildman–Crippen LogP) is 1.76. The van der Waals surface area contributed by atoms with Gasteiger partial charge in [0, 0.05) is 37.4 Å². The summed E-state index contributed by atoms with van der Waals surface area (Å²) >= 11 is 0. The van der Waals surface area contributed by atoms with E-state index in [0.29, 0.717) is 18.5 Å². The van der Waals surface area contributed by atoms with Gasteiger partial charge in [0.15, 0.2) is 0 Å². The zero-order chi connectivity index (χ0) is 13.7. The van der Waals surface area contributed by atoms with Crippen LogP contribution in [0.1, 0.15) is 32.4 Å². The highest BCUT2D eigenvalue weighted by atomic mass is 16.5. The fourth-order valence-corrected chi connectivity index (χ4v) is 2.32. The van der Waals surface area contributed by atoms with Gasteiger partial charge in [-0.3, -0.25) is 0 Å². The number of piperazine rings is 1. The largest absolute Gasteiger partial charge is 0.478 e. The van der Waals surface area contributed by atoms with E-state index >= 15 is 0 Å². The normalized spacial score (nSPS) is 19.5. The highest BCUT2D eigenvalue weighted by Crippen LogP contribution is 2.19. The summed E-state index contributed by atoms with van der Waals surface area (Å²) in [4.78, 5) is 11.4. The summed E-state index contributed by atoms with van der Waals surface area (Å²) in [6.07, 6.45) is 2.08. The van der Waals surface area contributed by atoms with Gasteiger partial charge in [0.25, 0.3) is 0 Å². The lowest BCUT2D eigenvalue weighted by Crippen LogP contribution is -2.51. The summed E-state index contributed by atoms with van der Waals surface area (Å²) in [5.74, 6) is 1.50. The Bertz CT molecular complexity index is 410. The van der Waals surface area contributed by atoms with Crippen molar-refractivity contribution in [2.24, 2.45) is 0 Å². The Morgan fingerprint density at radius 1 is 1.42 bits per heavy atom. The molecule has 0 spiro atoms. The molecule has 1 aliphatic rings. The van der Waals surface area contributed by atoms with Gasteiger partial charge in [-0.15, -0.1) is 0 Å². The predicted molar refractivity (Wildman–Crippen MR) is 76.8 cm³/mol. The molecule has 1 aromatic rings. The molecule has 106 valence electrons. The van der Waals surface area contributed by atoms with E-state index in [1.165, 1.54) is 0 Å². The molecule has 0 radical (unpaired) electrons. The number of nitrogens with one attached hydrogen (secondary N) is 1.